The van der Waals surface area contributed by atoms with Crippen LogP contribution in [0.2, 0.25) is 0 Å². The van der Waals surface area contributed by atoms with Gasteiger partial charge in [-0.3, -0.25) is 0 Å². The van der Waals surface area contributed by atoms with Crippen molar-refractivity contribution in [1.29, 1.82) is 0 Å². The third-order valence-electron chi connectivity index (χ3n) is 3.37. The van der Waals surface area contributed by atoms with Crippen LogP contribution >= 0.6 is 11.6 Å². The van der Waals surface area contributed by atoms with Gasteiger partial charge in [-0.25, -0.2) is 13.1 Å². The average molecular weight is 318 g/mol. The molecule has 1 aromatic carbocycles. The lowest BCUT2D eigenvalue weighted by atomic mass is 9.86. The smallest absolute Gasteiger partial charge is 0.207 e. The van der Waals surface area contributed by atoms with Crippen molar-refractivity contribution in [2.24, 2.45) is 5.41 Å². The topological polar surface area (TPSA) is 46.2 Å². The Bertz CT molecular complexity index is 562. The van der Waals surface area contributed by atoms with Gasteiger partial charge in [-0.05, 0) is 42.9 Å². The van der Waals surface area contributed by atoms with E-state index in [9.17, 15) is 8.42 Å². The molecule has 1 unspecified atom stereocenters. The quantitative estimate of drug-likeness (QED) is 0.843. The predicted octanol–water partition coefficient (Wildman–Crippen LogP) is 3.63. The second kappa shape index (κ2) is 6.46. The summed E-state index contributed by atoms with van der Waals surface area (Å²) in [5.74, 6) is 0.428. The number of nitrogens with one attached hydrogen (secondary N) is 1. The van der Waals surface area contributed by atoms with E-state index in [0.717, 1.165) is 11.1 Å². The molecule has 1 rings (SSSR count). The number of alkyl halides is 1. The Morgan fingerprint density at radius 2 is 1.85 bits per heavy atom. The zero-order chi connectivity index (χ0) is 15.6. The Balaban J connectivity index is 3.13. The summed E-state index contributed by atoms with van der Waals surface area (Å²) in [7, 11) is -3.53. The van der Waals surface area contributed by atoms with Gasteiger partial charge in [0.15, 0.2) is 0 Å². The van der Waals surface area contributed by atoms with Crippen molar-refractivity contribution in [2.75, 3.05) is 5.88 Å². The van der Waals surface area contributed by atoms with Crippen molar-refractivity contribution in [3.8, 4) is 0 Å². The van der Waals surface area contributed by atoms with E-state index in [4.69, 9.17) is 11.6 Å². The van der Waals surface area contributed by atoms with Crippen LogP contribution in [0.4, 0.5) is 0 Å². The summed E-state index contributed by atoms with van der Waals surface area (Å²) in [6.07, 6.45) is 0.606. The Kier molecular flexibility index (Phi) is 5.64. The number of hydrogen-bond acceptors (Lipinski definition) is 2. The fourth-order valence-corrected chi connectivity index (χ4v) is 4.05. The Labute approximate surface area is 127 Å². The first kappa shape index (κ1) is 17.5. The molecule has 0 aliphatic heterocycles. The molecule has 1 aromatic rings. The van der Waals surface area contributed by atoms with Gasteiger partial charge in [-0.1, -0.05) is 32.9 Å². The van der Waals surface area contributed by atoms with E-state index in [1.165, 1.54) is 0 Å². The molecule has 0 aliphatic carbocycles. The first-order valence-electron chi connectivity index (χ1n) is 6.73. The SMILES string of the molecule is Cc1ccc(C)c(S(=O)(=O)NC(CCCl)C(C)(C)C)c1. The first-order chi connectivity index (χ1) is 9.08. The second-order valence-corrected chi connectivity index (χ2v) is 8.35. The maximum absolute atomic E-state index is 12.6. The highest BCUT2D eigenvalue weighted by atomic mass is 35.5. The van der Waals surface area contributed by atoms with Gasteiger partial charge in [-0.15, -0.1) is 11.6 Å². The van der Waals surface area contributed by atoms with Gasteiger partial charge >= 0.3 is 0 Å². The minimum atomic E-state index is -3.53. The molecule has 0 aliphatic rings. The first-order valence-corrected chi connectivity index (χ1v) is 8.75. The van der Waals surface area contributed by atoms with E-state index in [-0.39, 0.29) is 11.5 Å². The lowest BCUT2D eigenvalue weighted by Gasteiger charge is -2.31. The molecule has 3 nitrogen and oxygen atoms in total. The van der Waals surface area contributed by atoms with Crippen LogP contribution < -0.4 is 4.72 Å². The second-order valence-electron chi connectivity index (χ2n) is 6.29. The summed E-state index contributed by atoms with van der Waals surface area (Å²) in [5, 5.41) is 0. The van der Waals surface area contributed by atoms with Crippen LogP contribution in [0.25, 0.3) is 0 Å². The predicted molar refractivity (Wildman–Crippen MR) is 84.8 cm³/mol. The van der Waals surface area contributed by atoms with Gasteiger partial charge in [0.25, 0.3) is 0 Å². The van der Waals surface area contributed by atoms with E-state index in [2.05, 4.69) is 4.72 Å². The highest BCUT2D eigenvalue weighted by Crippen LogP contribution is 2.25. The molecule has 0 saturated carbocycles. The summed E-state index contributed by atoms with van der Waals surface area (Å²) in [4.78, 5) is 0.348. The highest BCUT2D eigenvalue weighted by Gasteiger charge is 2.29. The van der Waals surface area contributed by atoms with E-state index in [1.54, 1.807) is 6.07 Å². The lowest BCUT2D eigenvalue weighted by molar-refractivity contribution is 0.292. The third kappa shape index (κ3) is 4.47. The fraction of sp³-hybridized carbons (Fsp3) is 0.600. The number of rotatable bonds is 5. The van der Waals surface area contributed by atoms with Crippen molar-refractivity contribution >= 4 is 21.6 Å². The molecule has 0 heterocycles. The lowest BCUT2D eigenvalue weighted by Crippen LogP contribution is -2.44. The van der Waals surface area contributed by atoms with Gasteiger partial charge in [-0.2, -0.15) is 0 Å². The Morgan fingerprint density at radius 1 is 1.25 bits per heavy atom. The Hall–Kier alpha value is -0.580. The van der Waals surface area contributed by atoms with Crippen LogP contribution in [-0.4, -0.2) is 20.3 Å². The van der Waals surface area contributed by atoms with Crippen LogP contribution in [0.15, 0.2) is 23.1 Å². The van der Waals surface area contributed by atoms with Crippen molar-refractivity contribution in [1.82, 2.24) is 4.72 Å². The maximum Gasteiger partial charge on any atom is 0.241 e. The van der Waals surface area contributed by atoms with Crippen LogP contribution in [-0.2, 0) is 10.0 Å². The molecular weight excluding hydrogens is 294 g/mol. The summed E-state index contributed by atoms with van der Waals surface area (Å²) in [6.45, 7) is 9.72. The van der Waals surface area contributed by atoms with Crippen LogP contribution in [0.5, 0.6) is 0 Å². The molecule has 1 N–H and O–H groups in total. The summed E-state index contributed by atoms with van der Waals surface area (Å²) in [6, 6.07) is 5.26. The minimum absolute atomic E-state index is 0.181. The monoisotopic (exact) mass is 317 g/mol. The van der Waals surface area contributed by atoms with Crippen molar-refractivity contribution in [2.45, 2.75) is 52.0 Å². The highest BCUT2D eigenvalue weighted by molar-refractivity contribution is 7.89. The van der Waals surface area contributed by atoms with Crippen LogP contribution in [0.1, 0.15) is 38.3 Å². The fourth-order valence-electron chi connectivity index (χ4n) is 2.03. The van der Waals surface area contributed by atoms with E-state index < -0.39 is 10.0 Å². The summed E-state index contributed by atoms with van der Waals surface area (Å²) < 4.78 is 28.0. The van der Waals surface area contributed by atoms with Crippen molar-refractivity contribution in [3.63, 3.8) is 0 Å². The van der Waals surface area contributed by atoms with E-state index >= 15 is 0 Å². The summed E-state index contributed by atoms with van der Waals surface area (Å²) in [5.41, 5.74) is 1.50. The molecule has 20 heavy (non-hydrogen) atoms. The minimum Gasteiger partial charge on any atom is -0.207 e. The molecule has 0 aromatic heterocycles. The third-order valence-corrected chi connectivity index (χ3v) is 5.21. The number of sulfonamides is 1. The average Bonchev–Trinajstić information content (AvgIpc) is 2.30. The van der Waals surface area contributed by atoms with Crippen LogP contribution in [0.3, 0.4) is 0 Å². The van der Waals surface area contributed by atoms with Gasteiger partial charge in [0.05, 0.1) is 4.90 Å². The molecule has 1 atom stereocenters. The molecule has 114 valence electrons. The molecule has 0 radical (unpaired) electrons. The zero-order valence-electron chi connectivity index (χ0n) is 12.8. The number of benzene rings is 1. The van der Waals surface area contributed by atoms with Gasteiger partial charge in [0.2, 0.25) is 10.0 Å². The maximum atomic E-state index is 12.6. The van der Waals surface area contributed by atoms with Crippen molar-refractivity contribution < 1.29 is 8.42 Å². The standard InChI is InChI=1S/C15H24ClNO2S/c1-11-6-7-12(2)13(10-11)20(18,19)17-14(8-9-16)15(3,4)5/h6-7,10,14,17H,8-9H2,1-5H3. The number of halogens is 1. The summed E-state index contributed by atoms with van der Waals surface area (Å²) >= 11 is 5.80. The van der Waals surface area contributed by atoms with Crippen LogP contribution in [0, 0.1) is 19.3 Å². The number of aryl methyl sites for hydroxylation is 2. The molecule has 0 fully saturated rings. The van der Waals surface area contributed by atoms with Crippen molar-refractivity contribution in [3.05, 3.63) is 29.3 Å². The van der Waals surface area contributed by atoms with E-state index in [0.29, 0.717) is 17.2 Å². The molecule has 0 saturated heterocycles. The Morgan fingerprint density at radius 3 is 2.35 bits per heavy atom. The van der Waals surface area contributed by atoms with Gasteiger partial charge < -0.3 is 0 Å². The number of hydrogen-bond donors (Lipinski definition) is 1. The van der Waals surface area contributed by atoms with E-state index in [1.807, 2.05) is 46.8 Å². The molecular formula is C15H24ClNO2S. The molecule has 0 amide bonds. The largest absolute Gasteiger partial charge is 0.241 e. The molecule has 0 spiro atoms. The molecule has 5 heteroatoms. The zero-order valence-corrected chi connectivity index (χ0v) is 14.4. The van der Waals surface area contributed by atoms with Gasteiger partial charge in [0.1, 0.15) is 0 Å². The van der Waals surface area contributed by atoms with Gasteiger partial charge in [0, 0.05) is 11.9 Å². The normalized spacial score (nSPS) is 14.3. The molecule has 0 bridgehead atoms.